The number of hydrogen-bond donors (Lipinski definition) is 1. The van der Waals surface area contributed by atoms with Gasteiger partial charge in [-0.05, 0) is 38.5 Å². The number of nitrogens with zero attached hydrogens (tertiary/aromatic N) is 4. The number of rotatable bonds is 7. The minimum atomic E-state index is -0.0556. The lowest BCUT2D eigenvalue weighted by Crippen LogP contribution is -2.23. The number of para-hydroxylation sites is 1. The van der Waals surface area contributed by atoms with Gasteiger partial charge >= 0.3 is 0 Å². The monoisotopic (exact) mass is 409 g/mol. The van der Waals surface area contributed by atoms with Crippen LogP contribution < -0.4 is 5.56 Å². The lowest BCUT2D eigenvalue weighted by Gasteiger charge is -2.10. The molecule has 0 saturated heterocycles. The molecule has 3 heterocycles. The number of Topliss-reactive ketones (excluding diaryl/α,β-unsaturated/α-hetero) is 1. The number of nitrogens with one attached hydrogen (secondary N) is 1. The first-order chi connectivity index (χ1) is 14.0. The largest absolute Gasteiger partial charge is 0.362 e. The zero-order valence-electron chi connectivity index (χ0n) is 16.7. The van der Waals surface area contributed by atoms with Crippen LogP contribution >= 0.6 is 11.8 Å². The Morgan fingerprint density at radius 3 is 2.72 bits per heavy atom. The molecular weight excluding hydrogens is 386 g/mol. The van der Waals surface area contributed by atoms with Crippen molar-refractivity contribution in [2.24, 2.45) is 0 Å². The van der Waals surface area contributed by atoms with Crippen LogP contribution in [-0.4, -0.2) is 35.7 Å². The Balaban J connectivity index is 1.76. The fourth-order valence-corrected chi connectivity index (χ4v) is 4.39. The summed E-state index contributed by atoms with van der Waals surface area (Å²) in [6.07, 6.45) is 1.86. The fourth-order valence-electron chi connectivity index (χ4n) is 3.57. The number of aromatic amines is 1. The topological polar surface area (TPSA) is 85.0 Å². The molecule has 0 aliphatic rings. The number of hydrogen-bond acceptors (Lipinski definition) is 5. The van der Waals surface area contributed by atoms with Crippen LogP contribution in [0.15, 0.2) is 40.3 Å². The maximum atomic E-state index is 13.0. The van der Waals surface area contributed by atoms with Crippen molar-refractivity contribution in [2.45, 2.75) is 45.3 Å². The van der Waals surface area contributed by atoms with Crippen LogP contribution in [0.5, 0.6) is 0 Å². The molecule has 0 radical (unpaired) electrons. The van der Waals surface area contributed by atoms with Crippen molar-refractivity contribution in [3.8, 4) is 0 Å². The summed E-state index contributed by atoms with van der Waals surface area (Å²) < 4.78 is 3.57. The first-order valence-electron chi connectivity index (χ1n) is 9.70. The highest BCUT2D eigenvalue weighted by atomic mass is 32.2. The molecule has 3 aromatic heterocycles. The van der Waals surface area contributed by atoms with Crippen LogP contribution in [0.3, 0.4) is 0 Å². The molecule has 0 spiro atoms. The SMILES string of the molecule is CCCCn1c(=O)c2ccccc2n2c(SCC(=O)c3cc(C)[nH]c3C)nnc12. The molecule has 0 fully saturated rings. The van der Waals surface area contributed by atoms with Crippen LogP contribution in [0.2, 0.25) is 0 Å². The van der Waals surface area contributed by atoms with Gasteiger partial charge in [0.2, 0.25) is 5.78 Å². The second-order valence-electron chi connectivity index (χ2n) is 7.15. The summed E-state index contributed by atoms with van der Waals surface area (Å²) in [5.41, 5.74) is 3.25. The fraction of sp³-hybridized carbons (Fsp3) is 0.333. The van der Waals surface area contributed by atoms with Crippen molar-refractivity contribution < 1.29 is 4.79 Å². The minimum Gasteiger partial charge on any atom is -0.362 e. The standard InChI is InChI=1S/C21H23N5O2S/c1-4-5-10-25-19(28)15-8-6-7-9-17(15)26-20(25)23-24-21(26)29-12-18(27)16-11-13(2)22-14(16)3/h6-9,11,22H,4-5,10,12H2,1-3H3. The number of thioether (sulfide) groups is 1. The Morgan fingerprint density at radius 2 is 2.00 bits per heavy atom. The van der Waals surface area contributed by atoms with Crippen LogP contribution in [0.4, 0.5) is 0 Å². The molecule has 0 aliphatic carbocycles. The number of fused-ring (bicyclic) bond motifs is 3. The number of unbranched alkanes of at least 4 members (excludes halogenated alkanes) is 1. The maximum absolute atomic E-state index is 13.0. The molecule has 29 heavy (non-hydrogen) atoms. The predicted molar refractivity (Wildman–Crippen MR) is 115 cm³/mol. The molecule has 4 rings (SSSR count). The summed E-state index contributed by atoms with van der Waals surface area (Å²) >= 11 is 1.34. The van der Waals surface area contributed by atoms with Gasteiger partial charge in [-0.3, -0.25) is 18.6 Å². The number of H-pyrrole nitrogens is 1. The molecule has 0 aliphatic heterocycles. The zero-order valence-corrected chi connectivity index (χ0v) is 17.5. The van der Waals surface area contributed by atoms with Gasteiger partial charge < -0.3 is 4.98 Å². The Morgan fingerprint density at radius 1 is 1.21 bits per heavy atom. The molecule has 8 heteroatoms. The van der Waals surface area contributed by atoms with Crippen molar-refractivity contribution >= 4 is 34.2 Å². The summed E-state index contributed by atoms with van der Waals surface area (Å²) in [5, 5.41) is 9.83. The number of aryl methyl sites for hydroxylation is 3. The van der Waals surface area contributed by atoms with E-state index < -0.39 is 0 Å². The van der Waals surface area contributed by atoms with Gasteiger partial charge in [-0.1, -0.05) is 37.2 Å². The highest BCUT2D eigenvalue weighted by molar-refractivity contribution is 7.99. The Hall–Kier alpha value is -2.87. The molecule has 0 bridgehead atoms. The maximum Gasteiger partial charge on any atom is 0.262 e. The van der Waals surface area contributed by atoms with E-state index in [0.717, 1.165) is 29.7 Å². The highest BCUT2D eigenvalue weighted by Gasteiger charge is 2.18. The van der Waals surface area contributed by atoms with Crippen molar-refractivity contribution in [2.75, 3.05) is 5.75 Å². The van der Waals surface area contributed by atoms with Crippen LogP contribution in [0, 0.1) is 13.8 Å². The summed E-state index contributed by atoms with van der Waals surface area (Å²) in [5.74, 6) is 0.810. The van der Waals surface area contributed by atoms with Gasteiger partial charge in [-0.15, -0.1) is 10.2 Å². The van der Waals surface area contributed by atoms with Gasteiger partial charge in [0.15, 0.2) is 10.9 Å². The first kappa shape index (κ1) is 19.4. The normalized spacial score (nSPS) is 11.6. The van der Waals surface area contributed by atoms with Gasteiger partial charge in [-0.25, -0.2) is 0 Å². The van der Waals surface area contributed by atoms with Gasteiger partial charge in [0.25, 0.3) is 5.56 Å². The Bertz CT molecular complexity index is 1270. The van der Waals surface area contributed by atoms with E-state index in [1.165, 1.54) is 11.8 Å². The summed E-state index contributed by atoms with van der Waals surface area (Å²) in [7, 11) is 0. The number of carbonyl (C=O) groups excluding carboxylic acids is 1. The average molecular weight is 410 g/mol. The predicted octanol–water partition coefficient (Wildman–Crippen LogP) is 3.76. The molecule has 7 nitrogen and oxygen atoms in total. The molecule has 0 amide bonds. The third-order valence-corrected chi connectivity index (χ3v) is 5.92. The lowest BCUT2D eigenvalue weighted by molar-refractivity contribution is 0.102. The third-order valence-electron chi connectivity index (χ3n) is 5.00. The number of aromatic nitrogens is 5. The number of carbonyl (C=O) groups is 1. The Labute approximate surface area is 172 Å². The zero-order chi connectivity index (χ0) is 20.5. The van der Waals surface area contributed by atoms with Crippen molar-refractivity contribution in [1.82, 2.24) is 24.1 Å². The van der Waals surface area contributed by atoms with Crippen LogP contribution in [-0.2, 0) is 6.54 Å². The first-order valence-corrected chi connectivity index (χ1v) is 10.7. The van der Waals surface area contributed by atoms with E-state index in [1.54, 1.807) is 4.57 Å². The van der Waals surface area contributed by atoms with E-state index in [-0.39, 0.29) is 17.1 Å². The van der Waals surface area contributed by atoms with E-state index in [4.69, 9.17) is 0 Å². The van der Waals surface area contributed by atoms with E-state index in [1.807, 2.05) is 48.6 Å². The second kappa shape index (κ2) is 7.87. The highest BCUT2D eigenvalue weighted by Crippen LogP contribution is 2.23. The van der Waals surface area contributed by atoms with E-state index in [9.17, 15) is 9.59 Å². The quantitative estimate of drug-likeness (QED) is 0.371. The summed E-state index contributed by atoms with van der Waals surface area (Å²) in [6.45, 7) is 6.51. The molecule has 1 aromatic carbocycles. The number of ketones is 1. The van der Waals surface area contributed by atoms with Crippen molar-refractivity contribution in [3.63, 3.8) is 0 Å². The Kier molecular flexibility index (Phi) is 5.27. The smallest absolute Gasteiger partial charge is 0.262 e. The number of benzene rings is 1. The lowest BCUT2D eigenvalue weighted by atomic mass is 10.2. The van der Waals surface area contributed by atoms with Crippen molar-refractivity contribution in [1.29, 1.82) is 0 Å². The van der Waals surface area contributed by atoms with Crippen molar-refractivity contribution in [3.05, 3.63) is 57.6 Å². The van der Waals surface area contributed by atoms with Gasteiger partial charge in [0.05, 0.1) is 16.7 Å². The third kappa shape index (κ3) is 3.48. The van der Waals surface area contributed by atoms with Crippen LogP contribution in [0.1, 0.15) is 41.5 Å². The molecule has 0 saturated carbocycles. The van der Waals surface area contributed by atoms with Gasteiger partial charge in [-0.2, -0.15) is 0 Å². The average Bonchev–Trinajstić information content (AvgIpc) is 3.29. The van der Waals surface area contributed by atoms with E-state index in [2.05, 4.69) is 22.1 Å². The minimum absolute atomic E-state index is 0.0391. The molecule has 0 atom stereocenters. The molecule has 150 valence electrons. The van der Waals surface area contributed by atoms with E-state index >= 15 is 0 Å². The molecule has 0 unspecified atom stereocenters. The van der Waals surface area contributed by atoms with Crippen LogP contribution in [0.25, 0.3) is 16.7 Å². The van der Waals surface area contributed by atoms with E-state index in [0.29, 0.717) is 28.4 Å². The molecule has 1 N–H and O–H groups in total. The van der Waals surface area contributed by atoms with Gasteiger partial charge in [0.1, 0.15) is 0 Å². The molecular formula is C21H23N5O2S. The second-order valence-corrected chi connectivity index (χ2v) is 8.09. The summed E-state index contributed by atoms with van der Waals surface area (Å²) in [4.78, 5) is 28.8. The molecule has 4 aromatic rings. The van der Waals surface area contributed by atoms with Gasteiger partial charge in [0, 0.05) is 23.5 Å². The summed E-state index contributed by atoms with van der Waals surface area (Å²) in [6, 6.07) is 9.34.